The molecule has 0 aliphatic rings. The standard InChI is InChI=1S/C31H25N3O4/c1-3-37-28-19-22(16-17-27(28)38-31(36)23-11-5-4-6-12-23)20-32-34-29(24-13-9-10-21(2)18-24)33-26-15-8-7-14-25(26)30(34)35/h4-20H,3H2,1-2H3. The zero-order chi connectivity index (χ0) is 26.5. The number of fused-ring (bicyclic) bond motifs is 1. The molecule has 0 unspecified atom stereocenters. The molecule has 0 aliphatic carbocycles. The van der Waals surface area contributed by atoms with E-state index < -0.39 is 5.97 Å². The fraction of sp³-hybridized carbons (Fsp3) is 0.0968. The third-order valence-corrected chi connectivity index (χ3v) is 5.83. The number of para-hydroxylation sites is 1. The van der Waals surface area contributed by atoms with Gasteiger partial charge in [-0.3, -0.25) is 4.79 Å². The zero-order valence-electron chi connectivity index (χ0n) is 21.0. The van der Waals surface area contributed by atoms with Crippen molar-refractivity contribution in [2.24, 2.45) is 5.10 Å². The summed E-state index contributed by atoms with van der Waals surface area (Å²) in [6.45, 7) is 4.21. The molecule has 5 aromatic rings. The Kier molecular flexibility index (Phi) is 7.08. The number of carbonyl (C=O) groups excluding carboxylic acids is 1. The van der Waals surface area contributed by atoms with Gasteiger partial charge in [-0.05, 0) is 67.9 Å². The van der Waals surface area contributed by atoms with Gasteiger partial charge in [-0.25, -0.2) is 9.78 Å². The summed E-state index contributed by atoms with van der Waals surface area (Å²) in [5.41, 5.74) is 3.24. The largest absolute Gasteiger partial charge is 0.490 e. The van der Waals surface area contributed by atoms with Crippen LogP contribution in [0.15, 0.2) is 107 Å². The number of aromatic nitrogens is 2. The smallest absolute Gasteiger partial charge is 0.343 e. The second kappa shape index (κ2) is 10.9. The highest BCUT2D eigenvalue weighted by Crippen LogP contribution is 2.29. The number of nitrogens with zero attached hydrogens (tertiary/aromatic N) is 3. The van der Waals surface area contributed by atoms with Crippen molar-refractivity contribution in [2.75, 3.05) is 6.61 Å². The van der Waals surface area contributed by atoms with Crippen LogP contribution in [-0.4, -0.2) is 28.5 Å². The van der Waals surface area contributed by atoms with Crippen LogP contribution < -0.4 is 15.0 Å². The van der Waals surface area contributed by atoms with Crippen LogP contribution in [-0.2, 0) is 0 Å². The molecule has 4 aromatic carbocycles. The van der Waals surface area contributed by atoms with Crippen molar-refractivity contribution >= 4 is 23.1 Å². The van der Waals surface area contributed by atoms with Crippen molar-refractivity contribution in [1.82, 2.24) is 9.66 Å². The normalized spacial score (nSPS) is 11.1. The number of benzene rings is 4. The van der Waals surface area contributed by atoms with Crippen molar-refractivity contribution < 1.29 is 14.3 Å². The summed E-state index contributed by atoms with van der Waals surface area (Å²) in [4.78, 5) is 30.7. The molecule has 188 valence electrons. The van der Waals surface area contributed by atoms with Gasteiger partial charge in [0.25, 0.3) is 5.56 Å². The van der Waals surface area contributed by atoms with Gasteiger partial charge >= 0.3 is 5.97 Å². The number of rotatable bonds is 7. The quantitative estimate of drug-likeness (QED) is 0.158. The molecule has 1 aromatic heterocycles. The van der Waals surface area contributed by atoms with Gasteiger partial charge in [0, 0.05) is 5.56 Å². The molecule has 1 heterocycles. The van der Waals surface area contributed by atoms with Crippen LogP contribution >= 0.6 is 0 Å². The zero-order valence-corrected chi connectivity index (χ0v) is 21.0. The SMILES string of the molecule is CCOc1cc(C=Nn2c(-c3cccc(C)c3)nc3ccccc3c2=O)ccc1OC(=O)c1ccccc1. The average Bonchev–Trinajstić information content (AvgIpc) is 2.94. The second-order valence-electron chi connectivity index (χ2n) is 8.58. The van der Waals surface area contributed by atoms with Crippen LogP contribution in [0.4, 0.5) is 0 Å². The second-order valence-corrected chi connectivity index (χ2v) is 8.58. The lowest BCUT2D eigenvalue weighted by molar-refractivity contribution is 0.0728. The van der Waals surface area contributed by atoms with Gasteiger partial charge in [0.1, 0.15) is 0 Å². The Bertz CT molecular complexity index is 1710. The highest BCUT2D eigenvalue weighted by atomic mass is 16.6. The van der Waals surface area contributed by atoms with E-state index in [2.05, 4.69) is 5.10 Å². The molecule has 0 bridgehead atoms. The fourth-order valence-electron chi connectivity index (χ4n) is 4.02. The lowest BCUT2D eigenvalue weighted by Gasteiger charge is -2.12. The van der Waals surface area contributed by atoms with Gasteiger partial charge in [0.05, 0.1) is 29.3 Å². The van der Waals surface area contributed by atoms with E-state index in [0.717, 1.165) is 11.1 Å². The number of esters is 1. The van der Waals surface area contributed by atoms with Crippen molar-refractivity contribution in [3.63, 3.8) is 0 Å². The van der Waals surface area contributed by atoms with E-state index in [1.54, 1.807) is 60.8 Å². The van der Waals surface area contributed by atoms with E-state index in [1.165, 1.54) is 4.68 Å². The Labute approximate surface area is 219 Å². The van der Waals surface area contributed by atoms with E-state index in [1.807, 2.05) is 56.3 Å². The molecule has 7 heteroatoms. The fourth-order valence-corrected chi connectivity index (χ4v) is 4.02. The number of hydrogen-bond donors (Lipinski definition) is 0. The molecular formula is C31H25N3O4. The van der Waals surface area contributed by atoms with Crippen LogP contribution in [0.2, 0.25) is 0 Å². The molecule has 5 rings (SSSR count). The number of ether oxygens (including phenoxy) is 2. The van der Waals surface area contributed by atoms with Gasteiger partial charge in [-0.2, -0.15) is 9.78 Å². The molecule has 0 saturated heterocycles. The summed E-state index contributed by atoms with van der Waals surface area (Å²) in [5, 5.41) is 5.00. The van der Waals surface area contributed by atoms with Gasteiger partial charge in [0.2, 0.25) is 0 Å². The maximum Gasteiger partial charge on any atom is 0.343 e. The Morgan fingerprint density at radius 2 is 1.71 bits per heavy atom. The lowest BCUT2D eigenvalue weighted by Crippen LogP contribution is -2.20. The molecule has 7 nitrogen and oxygen atoms in total. The molecule has 0 amide bonds. The predicted octanol–water partition coefficient (Wildman–Crippen LogP) is 5.87. The molecular weight excluding hydrogens is 478 g/mol. The molecule has 38 heavy (non-hydrogen) atoms. The summed E-state index contributed by atoms with van der Waals surface area (Å²) in [6.07, 6.45) is 1.56. The highest BCUT2D eigenvalue weighted by molar-refractivity contribution is 5.91. The molecule has 0 aliphatic heterocycles. The summed E-state index contributed by atoms with van der Waals surface area (Å²) in [7, 11) is 0. The van der Waals surface area contributed by atoms with E-state index in [4.69, 9.17) is 14.5 Å². The number of hydrogen-bond acceptors (Lipinski definition) is 6. The van der Waals surface area contributed by atoms with Crippen molar-refractivity contribution in [3.05, 3.63) is 124 Å². The summed E-state index contributed by atoms with van der Waals surface area (Å²) >= 11 is 0. The summed E-state index contributed by atoms with van der Waals surface area (Å²) in [6, 6.07) is 28.8. The predicted molar refractivity (Wildman–Crippen MR) is 148 cm³/mol. The minimum atomic E-state index is -0.482. The third kappa shape index (κ3) is 5.22. The van der Waals surface area contributed by atoms with Gasteiger partial charge in [0.15, 0.2) is 17.3 Å². The Morgan fingerprint density at radius 1 is 0.921 bits per heavy atom. The number of aryl methyl sites for hydroxylation is 1. The first kappa shape index (κ1) is 24.6. The summed E-state index contributed by atoms with van der Waals surface area (Å²) < 4.78 is 12.6. The minimum Gasteiger partial charge on any atom is -0.490 e. The van der Waals surface area contributed by atoms with Crippen molar-refractivity contribution in [3.8, 4) is 22.9 Å². The van der Waals surface area contributed by atoms with Crippen LogP contribution in [0.5, 0.6) is 11.5 Å². The van der Waals surface area contributed by atoms with E-state index in [9.17, 15) is 9.59 Å². The average molecular weight is 504 g/mol. The van der Waals surface area contributed by atoms with Crippen LogP contribution in [0.3, 0.4) is 0 Å². The van der Waals surface area contributed by atoms with Crippen molar-refractivity contribution in [1.29, 1.82) is 0 Å². The molecule has 0 radical (unpaired) electrons. The molecule has 0 atom stereocenters. The van der Waals surface area contributed by atoms with Gasteiger partial charge < -0.3 is 9.47 Å². The van der Waals surface area contributed by atoms with Crippen molar-refractivity contribution in [2.45, 2.75) is 13.8 Å². The lowest BCUT2D eigenvalue weighted by atomic mass is 10.1. The Balaban J connectivity index is 1.53. The van der Waals surface area contributed by atoms with E-state index in [0.29, 0.717) is 46.0 Å². The van der Waals surface area contributed by atoms with E-state index >= 15 is 0 Å². The van der Waals surface area contributed by atoms with Crippen LogP contribution in [0, 0.1) is 6.92 Å². The van der Waals surface area contributed by atoms with E-state index in [-0.39, 0.29) is 5.56 Å². The van der Waals surface area contributed by atoms with Crippen LogP contribution in [0.1, 0.15) is 28.4 Å². The number of carbonyl (C=O) groups is 1. The minimum absolute atomic E-state index is 0.276. The first-order chi connectivity index (χ1) is 18.5. The van der Waals surface area contributed by atoms with Crippen LogP contribution in [0.25, 0.3) is 22.3 Å². The maximum atomic E-state index is 13.4. The Hall–Kier alpha value is -5.04. The first-order valence-corrected chi connectivity index (χ1v) is 12.2. The molecule has 0 N–H and O–H groups in total. The summed E-state index contributed by atoms with van der Waals surface area (Å²) in [5.74, 6) is 0.642. The third-order valence-electron chi connectivity index (χ3n) is 5.83. The molecule has 0 fully saturated rings. The van der Waals surface area contributed by atoms with Gasteiger partial charge in [-0.15, -0.1) is 0 Å². The first-order valence-electron chi connectivity index (χ1n) is 12.2. The Morgan fingerprint density at radius 3 is 2.50 bits per heavy atom. The topological polar surface area (TPSA) is 82.8 Å². The maximum absolute atomic E-state index is 13.4. The molecule has 0 spiro atoms. The molecule has 0 saturated carbocycles. The van der Waals surface area contributed by atoms with Gasteiger partial charge in [-0.1, -0.05) is 54.1 Å². The highest BCUT2D eigenvalue weighted by Gasteiger charge is 2.14. The monoisotopic (exact) mass is 503 g/mol.